The monoisotopic (exact) mass is 633 g/mol. The fraction of sp³-hybridized carbons (Fsp3) is 0.344. The van der Waals surface area contributed by atoms with Crippen LogP contribution < -0.4 is 15.4 Å². The van der Waals surface area contributed by atoms with Gasteiger partial charge in [0.1, 0.15) is 10.8 Å². The highest BCUT2D eigenvalue weighted by molar-refractivity contribution is 8.00. The molecule has 1 atom stereocenters. The van der Waals surface area contributed by atoms with Crippen molar-refractivity contribution in [1.29, 1.82) is 0 Å². The second-order valence-electron chi connectivity index (χ2n) is 10.2. The molecule has 230 valence electrons. The van der Waals surface area contributed by atoms with Crippen LogP contribution in [0, 0.1) is 0 Å². The minimum atomic E-state index is -0.595. The minimum Gasteiger partial charge on any atom is -0.495 e. The second-order valence-corrected chi connectivity index (χ2v) is 12.6. The van der Waals surface area contributed by atoms with Crippen molar-refractivity contribution in [2.45, 2.75) is 62.9 Å². The Balaban J connectivity index is 1.36. The van der Waals surface area contributed by atoms with E-state index in [1.54, 1.807) is 25.5 Å². The summed E-state index contributed by atoms with van der Waals surface area (Å²) in [5.41, 5.74) is 3.05. The number of methoxy groups -OCH3 is 1. The van der Waals surface area contributed by atoms with Gasteiger partial charge in [-0.05, 0) is 62.8 Å². The van der Waals surface area contributed by atoms with Crippen molar-refractivity contribution < 1.29 is 23.9 Å². The number of ether oxygens (including phenoxy) is 2. The van der Waals surface area contributed by atoms with E-state index in [1.807, 2.05) is 54.6 Å². The summed E-state index contributed by atoms with van der Waals surface area (Å²) in [7, 11) is 1.58. The average molecular weight is 634 g/mol. The molecule has 2 heterocycles. The molecule has 0 saturated carbocycles. The van der Waals surface area contributed by atoms with Crippen molar-refractivity contribution in [2.75, 3.05) is 19.0 Å². The van der Waals surface area contributed by atoms with Gasteiger partial charge in [0.25, 0.3) is 0 Å². The number of thioether (sulfide) groups is 1. The van der Waals surface area contributed by atoms with E-state index < -0.39 is 11.2 Å². The van der Waals surface area contributed by atoms with E-state index in [-0.39, 0.29) is 31.4 Å². The third-order valence-corrected chi connectivity index (χ3v) is 9.47. The number of amides is 2. The third kappa shape index (κ3) is 7.13. The Morgan fingerprint density at radius 1 is 1.05 bits per heavy atom. The first kappa shape index (κ1) is 31.3. The molecule has 2 aromatic heterocycles. The summed E-state index contributed by atoms with van der Waals surface area (Å²) in [5.74, 6) is 0.250. The fourth-order valence-corrected chi connectivity index (χ4v) is 7.23. The van der Waals surface area contributed by atoms with Crippen LogP contribution in [0.1, 0.15) is 58.9 Å². The average Bonchev–Trinajstić information content (AvgIpc) is 3.60. The van der Waals surface area contributed by atoms with Gasteiger partial charge in [-0.2, -0.15) is 0 Å². The summed E-state index contributed by atoms with van der Waals surface area (Å²) in [4.78, 5) is 40.2. The van der Waals surface area contributed by atoms with Crippen LogP contribution in [0.15, 0.2) is 59.8 Å². The number of esters is 1. The van der Waals surface area contributed by atoms with Gasteiger partial charge in [0, 0.05) is 4.88 Å². The summed E-state index contributed by atoms with van der Waals surface area (Å²) in [6.07, 6.45) is 3.99. The number of benzene rings is 2. The Labute approximate surface area is 264 Å². The zero-order valence-electron chi connectivity index (χ0n) is 24.9. The van der Waals surface area contributed by atoms with E-state index in [4.69, 9.17) is 9.47 Å². The smallest absolute Gasteiger partial charge is 0.341 e. The Bertz CT molecular complexity index is 1640. The molecule has 2 N–H and O–H groups in total. The maximum Gasteiger partial charge on any atom is 0.341 e. The van der Waals surface area contributed by atoms with Crippen molar-refractivity contribution in [3.05, 3.63) is 82.0 Å². The van der Waals surface area contributed by atoms with Gasteiger partial charge in [-0.1, -0.05) is 54.2 Å². The summed E-state index contributed by atoms with van der Waals surface area (Å²) in [5, 5.41) is 15.1. The van der Waals surface area contributed by atoms with Crippen molar-refractivity contribution in [1.82, 2.24) is 20.1 Å². The number of nitrogens with zero attached hydrogens (tertiary/aromatic N) is 3. The molecule has 0 radical (unpaired) electrons. The number of nitrogens with one attached hydrogen (secondary N) is 2. The van der Waals surface area contributed by atoms with Gasteiger partial charge in [-0.25, -0.2) is 4.79 Å². The van der Waals surface area contributed by atoms with Crippen LogP contribution in [0.4, 0.5) is 5.00 Å². The number of para-hydroxylation sites is 2. The maximum absolute atomic E-state index is 13.5. The second kappa shape index (κ2) is 14.5. The Morgan fingerprint density at radius 2 is 1.80 bits per heavy atom. The van der Waals surface area contributed by atoms with Crippen molar-refractivity contribution in [3.63, 3.8) is 0 Å². The topological polar surface area (TPSA) is 124 Å². The van der Waals surface area contributed by atoms with Gasteiger partial charge in [-0.3, -0.25) is 14.2 Å². The predicted octanol–water partition coefficient (Wildman–Crippen LogP) is 5.37. The summed E-state index contributed by atoms with van der Waals surface area (Å²) in [6, 6.07) is 16.9. The molecule has 10 nitrogen and oxygen atoms in total. The molecule has 0 spiro atoms. The third-order valence-electron chi connectivity index (χ3n) is 7.22. The molecule has 0 saturated heterocycles. The van der Waals surface area contributed by atoms with E-state index in [1.165, 1.54) is 23.1 Å². The number of carbonyl (C=O) groups is 3. The lowest BCUT2D eigenvalue weighted by molar-refractivity contribution is -0.120. The quantitative estimate of drug-likeness (QED) is 0.158. The molecule has 0 aliphatic heterocycles. The molecule has 1 aliphatic rings. The van der Waals surface area contributed by atoms with E-state index in [0.717, 1.165) is 41.7 Å². The molecular weight excluding hydrogens is 599 g/mol. The van der Waals surface area contributed by atoms with Gasteiger partial charge < -0.3 is 20.1 Å². The molecule has 1 aliphatic carbocycles. The summed E-state index contributed by atoms with van der Waals surface area (Å²) >= 11 is 2.68. The molecule has 2 amide bonds. The van der Waals surface area contributed by atoms with Gasteiger partial charge in [0.2, 0.25) is 11.8 Å². The molecule has 0 unspecified atom stereocenters. The molecular formula is C32H35N5O5S2. The van der Waals surface area contributed by atoms with Gasteiger partial charge in [0.15, 0.2) is 11.0 Å². The number of hydrogen-bond acceptors (Lipinski definition) is 9. The largest absolute Gasteiger partial charge is 0.495 e. The van der Waals surface area contributed by atoms with Gasteiger partial charge >= 0.3 is 5.97 Å². The summed E-state index contributed by atoms with van der Waals surface area (Å²) < 4.78 is 12.8. The number of thiophene rings is 1. The van der Waals surface area contributed by atoms with Crippen LogP contribution in [0.2, 0.25) is 0 Å². The molecule has 0 bridgehead atoms. The standard InChI is InChI=1S/C32H35N5O5S2/c1-4-42-31(40)28-22-14-8-11-17-25(22)44-30(28)34-29(39)20(2)43-32-36-35-26(37(32)23-15-9-10-16-24(23)41-3)19-33-27(38)18-21-12-6-5-7-13-21/h5-7,9-10,12-13,15-16,20H,4,8,11,14,17-19H2,1-3H3,(H,33,38)(H,34,39)/t20-/m0/s1. The van der Waals surface area contributed by atoms with E-state index >= 15 is 0 Å². The number of aryl methyl sites for hydroxylation is 1. The highest BCUT2D eigenvalue weighted by Gasteiger charge is 2.29. The Hall–Kier alpha value is -4.16. The van der Waals surface area contributed by atoms with Crippen LogP contribution in [0.5, 0.6) is 5.75 Å². The number of carbonyl (C=O) groups excluding carboxylic acids is 3. The number of anilines is 1. The lowest BCUT2D eigenvalue weighted by atomic mass is 9.95. The first-order chi connectivity index (χ1) is 21.4. The van der Waals surface area contributed by atoms with Crippen molar-refractivity contribution in [2.24, 2.45) is 0 Å². The zero-order valence-corrected chi connectivity index (χ0v) is 26.6. The van der Waals surface area contributed by atoms with Gasteiger partial charge in [-0.15, -0.1) is 21.5 Å². The van der Waals surface area contributed by atoms with E-state index in [2.05, 4.69) is 20.8 Å². The lowest BCUT2D eigenvalue weighted by Gasteiger charge is -2.16. The van der Waals surface area contributed by atoms with Crippen LogP contribution in [-0.4, -0.2) is 51.5 Å². The minimum absolute atomic E-state index is 0.126. The maximum atomic E-state index is 13.5. The highest BCUT2D eigenvalue weighted by atomic mass is 32.2. The zero-order chi connectivity index (χ0) is 31.1. The fourth-order valence-electron chi connectivity index (χ4n) is 5.07. The first-order valence-corrected chi connectivity index (χ1v) is 16.3. The SMILES string of the molecule is CCOC(=O)c1c(NC(=O)[C@H](C)Sc2nnc(CNC(=O)Cc3ccccc3)n2-c2ccccc2OC)sc2c1CCCC2. The predicted molar refractivity (Wildman–Crippen MR) is 171 cm³/mol. The number of aromatic nitrogens is 3. The molecule has 12 heteroatoms. The Kier molecular flexibility index (Phi) is 10.3. The molecule has 4 aromatic rings. The number of hydrogen-bond donors (Lipinski definition) is 2. The number of rotatable bonds is 12. The first-order valence-electron chi connectivity index (χ1n) is 14.6. The normalized spacial score (nSPS) is 13.1. The number of fused-ring (bicyclic) bond motifs is 1. The molecule has 0 fully saturated rings. The van der Waals surface area contributed by atoms with Crippen LogP contribution in [0.25, 0.3) is 5.69 Å². The highest BCUT2D eigenvalue weighted by Crippen LogP contribution is 2.39. The van der Waals surface area contributed by atoms with Crippen molar-refractivity contribution >= 4 is 45.9 Å². The van der Waals surface area contributed by atoms with E-state index in [9.17, 15) is 14.4 Å². The Morgan fingerprint density at radius 3 is 2.57 bits per heavy atom. The van der Waals surface area contributed by atoms with Crippen LogP contribution in [-0.2, 0) is 40.1 Å². The summed E-state index contributed by atoms with van der Waals surface area (Å²) in [6.45, 7) is 3.94. The van der Waals surface area contributed by atoms with Crippen LogP contribution >= 0.6 is 23.1 Å². The lowest BCUT2D eigenvalue weighted by Crippen LogP contribution is -2.26. The van der Waals surface area contributed by atoms with Crippen molar-refractivity contribution in [3.8, 4) is 11.4 Å². The molecule has 2 aromatic carbocycles. The molecule has 44 heavy (non-hydrogen) atoms. The van der Waals surface area contributed by atoms with E-state index in [0.29, 0.717) is 33.0 Å². The van der Waals surface area contributed by atoms with Gasteiger partial charge in [0.05, 0.1) is 43.2 Å². The van der Waals surface area contributed by atoms with Crippen LogP contribution in [0.3, 0.4) is 0 Å². The molecule has 5 rings (SSSR count).